The fraction of sp³-hybridized carbons (Fsp3) is 0.400. The van der Waals surface area contributed by atoms with E-state index in [2.05, 4.69) is 20.4 Å². The van der Waals surface area contributed by atoms with Crippen LogP contribution in [0.3, 0.4) is 0 Å². The topological polar surface area (TPSA) is 66.7 Å². The molecule has 3 rings (SSSR count). The summed E-state index contributed by atoms with van der Waals surface area (Å²) in [5.41, 5.74) is 0.867. The quantitative estimate of drug-likeness (QED) is 0.777. The van der Waals surface area contributed by atoms with Gasteiger partial charge in [-0.3, -0.25) is 0 Å². The molecule has 0 amide bonds. The van der Waals surface area contributed by atoms with Crippen LogP contribution in [-0.4, -0.2) is 21.7 Å². The molecule has 15 heavy (non-hydrogen) atoms. The number of rotatable bonds is 2. The van der Waals surface area contributed by atoms with Crippen molar-refractivity contribution in [2.45, 2.75) is 18.9 Å². The summed E-state index contributed by atoms with van der Waals surface area (Å²) >= 11 is 0. The zero-order valence-electron chi connectivity index (χ0n) is 8.23. The Morgan fingerprint density at radius 2 is 2.47 bits per heavy atom. The normalized spacial score (nSPS) is 20.9. The summed E-state index contributed by atoms with van der Waals surface area (Å²) in [5, 5.41) is 7.32. The Morgan fingerprint density at radius 1 is 1.47 bits per heavy atom. The first-order chi connectivity index (χ1) is 7.43. The van der Waals surface area contributed by atoms with Crippen molar-refractivity contribution >= 4 is 0 Å². The molecule has 2 N–H and O–H groups in total. The third kappa shape index (κ3) is 1.55. The summed E-state index contributed by atoms with van der Waals surface area (Å²) in [5.74, 6) is 1.32. The average molecular weight is 204 g/mol. The van der Waals surface area contributed by atoms with Crippen LogP contribution < -0.4 is 5.32 Å². The van der Waals surface area contributed by atoms with Crippen molar-refractivity contribution < 1.29 is 4.52 Å². The van der Waals surface area contributed by atoms with Crippen LogP contribution in [0, 0.1) is 0 Å². The third-order valence-electron chi connectivity index (χ3n) is 2.64. The number of aromatic nitrogens is 3. The van der Waals surface area contributed by atoms with E-state index in [1.807, 2.05) is 18.3 Å². The molecule has 1 aliphatic rings. The lowest BCUT2D eigenvalue weighted by Crippen LogP contribution is -2.14. The monoisotopic (exact) mass is 204 g/mol. The zero-order chi connectivity index (χ0) is 10.1. The second kappa shape index (κ2) is 3.51. The van der Waals surface area contributed by atoms with E-state index in [4.69, 9.17) is 4.52 Å². The molecule has 78 valence electrons. The van der Waals surface area contributed by atoms with E-state index in [9.17, 15) is 0 Å². The lowest BCUT2D eigenvalue weighted by molar-refractivity contribution is 0.411. The Hall–Kier alpha value is -1.62. The van der Waals surface area contributed by atoms with E-state index in [-0.39, 0.29) is 6.04 Å². The van der Waals surface area contributed by atoms with Gasteiger partial charge in [-0.25, -0.2) is 0 Å². The molecule has 0 radical (unpaired) electrons. The van der Waals surface area contributed by atoms with Gasteiger partial charge in [-0.05, 0) is 31.5 Å². The summed E-state index contributed by atoms with van der Waals surface area (Å²) in [4.78, 5) is 7.40. The molecule has 2 aromatic heterocycles. The summed E-state index contributed by atoms with van der Waals surface area (Å²) in [6.07, 6.45) is 4.10. The van der Waals surface area contributed by atoms with Gasteiger partial charge in [0.2, 0.25) is 0 Å². The first-order valence-corrected chi connectivity index (χ1v) is 5.14. The van der Waals surface area contributed by atoms with E-state index >= 15 is 0 Å². The molecule has 1 atom stereocenters. The highest BCUT2D eigenvalue weighted by Crippen LogP contribution is 2.22. The second-order valence-corrected chi connectivity index (χ2v) is 3.69. The molecular weight excluding hydrogens is 192 g/mol. The number of nitrogens with zero attached hydrogens (tertiary/aromatic N) is 2. The fourth-order valence-corrected chi connectivity index (χ4v) is 1.85. The van der Waals surface area contributed by atoms with Crippen molar-refractivity contribution in [1.82, 2.24) is 20.4 Å². The predicted molar refractivity (Wildman–Crippen MR) is 54.1 cm³/mol. The summed E-state index contributed by atoms with van der Waals surface area (Å²) in [7, 11) is 0. The Kier molecular flexibility index (Phi) is 2.03. The van der Waals surface area contributed by atoms with Crippen molar-refractivity contribution in [1.29, 1.82) is 0 Å². The smallest absolute Gasteiger partial charge is 0.274 e. The third-order valence-corrected chi connectivity index (χ3v) is 2.64. The van der Waals surface area contributed by atoms with Crippen LogP contribution in [0.25, 0.3) is 11.6 Å². The number of hydrogen-bond acceptors (Lipinski definition) is 4. The number of H-pyrrole nitrogens is 1. The van der Waals surface area contributed by atoms with Crippen LogP contribution in [0.15, 0.2) is 22.9 Å². The molecule has 5 heteroatoms. The highest BCUT2D eigenvalue weighted by molar-refractivity contribution is 5.46. The standard InChI is InChI=1S/C10H12N4O/c1-3-7(11-5-1)9-13-10(15-14-9)8-4-2-6-12-8/h2,4,6-7,11-12H,1,3,5H2/t7-/m1/s1. The van der Waals surface area contributed by atoms with Gasteiger partial charge in [-0.1, -0.05) is 5.16 Å². The first-order valence-electron chi connectivity index (χ1n) is 5.14. The number of nitrogens with one attached hydrogen (secondary N) is 2. The molecule has 3 heterocycles. The SMILES string of the molecule is c1c[nH]c(-c2nc([C@H]3CCCN3)no2)c1. The predicted octanol–water partition coefficient (Wildman–Crippen LogP) is 1.49. The van der Waals surface area contributed by atoms with Crippen molar-refractivity contribution in [3.8, 4) is 11.6 Å². The molecule has 0 aromatic carbocycles. The molecule has 1 saturated heterocycles. The minimum atomic E-state index is 0.262. The van der Waals surface area contributed by atoms with Crippen LogP contribution in [0.1, 0.15) is 24.7 Å². The maximum atomic E-state index is 5.19. The lowest BCUT2D eigenvalue weighted by atomic mass is 10.2. The largest absolute Gasteiger partial charge is 0.357 e. The maximum Gasteiger partial charge on any atom is 0.274 e. The van der Waals surface area contributed by atoms with Gasteiger partial charge in [-0.15, -0.1) is 0 Å². The van der Waals surface area contributed by atoms with Crippen molar-refractivity contribution in [2.75, 3.05) is 6.54 Å². The fourth-order valence-electron chi connectivity index (χ4n) is 1.85. The van der Waals surface area contributed by atoms with Gasteiger partial charge in [0.1, 0.15) is 5.69 Å². The van der Waals surface area contributed by atoms with E-state index in [1.165, 1.54) is 6.42 Å². The van der Waals surface area contributed by atoms with Crippen LogP contribution in [-0.2, 0) is 0 Å². The summed E-state index contributed by atoms with van der Waals surface area (Å²) in [6.45, 7) is 1.04. The highest BCUT2D eigenvalue weighted by Gasteiger charge is 2.22. The van der Waals surface area contributed by atoms with Crippen molar-refractivity contribution in [3.05, 3.63) is 24.2 Å². The molecule has 0 bridgehead atoms. The zero-order valence-corrected chi connectivity index (χ0v) is 8.23. The summed E-state index contributed by atoms with van der Waals surface area (Å²) in [6, 6.07) is 4.09. The molecule has 0 unspecified atom stereocenters. The van der Waals surface area contributed by atoms with Crippen molar-refractivity contribution in [3.63, 3.8) is 0 Å². The second-order valence-electron chi connectivity index (χ2n) is 3.69. The van der Waals surface area contributed by atoms with Crippen LogP contribution in [0.2, 0.25) is 0 Å². The molecule has 5 nitrogen and oxygen atoms in total. The van der Waals surface area contributed by atoms with Crippen molar-refractivity contribution in [2.24, 2.45) is 0 Å². The average Bonchev–Trinajstić information content (AvgIpc) is 3.02. The van der Waals surface area contributed by atoms with Gasteiger partial charge in [0.25, 0.3) is 5.89 Å². The molecule has 1 fully saturated rings. The van der Waals surface area contributed by atoms with Crippen LogP contribution in [0.4, 0.5) is 0 Å². The lowest BCUT2D eigenvalue weighted by Gasteiger charge is -2.01. The van der Waals surface area contributed by atoms with E-state index in [1.54, 1.807) is 0 Å². The molecule has 0 spiro atoms. The van der Waals surface area contributed by atoms with Gasteiger partial charge in [0.05, 0.1) is 6.04 Å². The number of hydrogen-bond donors (Lipinski definition) is 2. The first kappa shape index (κ1) is 8.67. The molecule has 1 aliphatic heterocycles. The van der Waals surface area contributed by atoms with E-state index in [0.717, 1.165) is 24.5 Å². The highest BCUT2D eigenvalue weighted by atomic mass is 16.5. The Bertz CT molecular complexity index is 428. The molecule has 0 aliphatic carbocycles. The molecule has 2 aromatic rings. The number of aromatic amines is 1. The van der Waals surface area contributed by atoms with E-state index < -0.39 is 0 Å². The Morgan fingerprint density at radius 3 is 3.20 bits per heavy atom. The minimum absolute atomic E-state index is 0.262. The molecule has 0 saturated carbocycles. The minimum Gasteiger partial charge on any atom is -0.357 e. The maximum absolute atomic E-state index is 5.19. The van der Waals surface area contributed by atoms with E-state index in [0.29, 0.717) is 5.89 Å². The van der Waals surface area contributed by atoms with Gasteiger partial charge in [-0.2, -0.15) is 4.98 Å². The Labute approximate surface area is 86.9 Å². The van der Waals surface area contributed by atoms with Gasteiger partial charge in [0, 0.05) is 6.20 Å². The van der Waals surface area contributed by atoms with Gasteiger partial charge < -0.3 is 14.8 Å². The summed E-state index contributed by atoms with van der Waals surface area (Å²) < 4.78 is 5.19. The van der Waals surface area contributed by atoms with Crippen LogP contribution in [0.5, 0.6) is 0 Å². The molecular formula is C10H12N4O. The van der Waals surface area contributed by atoms with Gasteiger partial charge in [0.15, 0.2) is 5.82 Å². The Balaban J connectivity index is 1.87. The van der Waals surface area contributed by atoms with Crippen LogP contribution >= 0.6 is 0 Å². The van der Waals surface area contributed by atoms with Gasteiger partial charge >= 0.3 is 0 Å².